The predicted molar refractivity (Wildman–Crippen MR) is 83.7 cm³/mol. The van der Waals surface area contributed by atoms with Crippen molar-refractivity contribution in [2.24, 2.45) is 0 Å². The second kappa shape index (κ2) is 8.11. The van der Waals surface area contributed by atoms with Crippen LogP contribution in [0, 0.1) is 0 Å². The molecular weight excluding hydrogens is 337 g/mol. The molecule has 25 heavy (non-hydrogen) atoms. The average molecular weight is 356 g/mol. The summed E-state index contributed by atoms with van der Waals surface area (Å²) in [5, 5.41) is 7.12. The zero-order valence-electron chi connectivity index (χ0n) is 13.6. The van der Waals surface area contributed by atoms with E-state index < -0.39 is 12.1 Å². The smallest absolute Gasteiger partial charge is 0.475 e. The Balaban J connectivity index is 0.000000277. The standard InChI is InChI=1S/C14H18N4.C2HF3O2/c1-18(10-13-15-8-9-16-13)12-6-2-4-11-5-3-7-17-14(11)12;3-2(4,5)1(6)7/h3,5,7-9,12H,2,4,6,10H2,1H3,(H,15,16);(H,6,7). The topological polar surface area (TPSA) is 82.1 Å². The minimum Gasteiger partial charge on any atom is -0.475 e. The molecule has 136 valence electrons. The summed E-state index contributed by atoms with van der Waals surface area (Å²) < 4.78 is 31.7. The number of halogens is 3. The predicted octanol–water partition coefficient (Wildman–Crippen LogP) is 2.95. The van der Waals surface area contributed by atoms with Gasteiger partial charge in [0.2, 0.25) is 0 Å². The van der Waals surface area contributed by atoms with Crippen LogP contribution in [0.5, 0.6) is 0 Å². The summed E-state index contributed by atoms with van der Waals surface area (Å²) in [6.45, 7) is 0.841. The van der Waals surface area contributed by atoms with Crippen LogP contribution >= 0.6 is 0 Å². The van der Waals surface area contributed by atoms with Gasteiger partial charge in [0.15, 0.2) is 0 Å². The summed E-state index contributed by atoms with van der Waals surface area (Å²) in [6, 6.07) is 4.66. The number of nitrogens with zero attached hydrogens (tertiary/aromatic N) is 3. The number of imidazole rings is 1. The van der Waals surface area contributed by atoms with Gasteiger partial charge in [-0.25, -0.2) is 9.78 Å². The molecule has 0 radical (unpaired) electrons. The number of carboxylic acid groups (broad SMARTS) is 1. The number of hydrogen-bond acceptors (Lipinski definition) is 4. The van der Waals surface area contributed by atoms with Gasteiger partial charge >= 0.3 is 12.1 Å². The number of aryl methyl sites for hydroxylation is 1. The molecule has 0 amide bonds. The molecule has 2 aromatic heterocycles. The molecule has 2 heterocycles. The third-order valence-electron chi connectivity index (χ3n) is 3.89. The normalized spacial score (nSPS) is 16.8. The Bertz CT molecular complexity index is 689. The largest absolute Gasteiger partial charge is 0.490 e. The number of nitrogens with one attached hydrogen (secondary N) is 1. The second-order valence-electron chi connectivity index (χ2n) is 5.71. The lowest BCUT2D eigenvalue weighted by Crippen LogP contribution is -2.28. The van der Waals surface area contributed by atoms with Crippen molar-refractivity contribution in [1.29, 1.82) is 0 Å². The minimum atomic E-state index is -5.08. The summed E-state index contributed by atoms with van der Waals surface area (Å²) >= 11 is 0. The first-order valence-corrected chi connectivity index (χ1v) is 7.71. The molecular formula is C16H19F3N4O2. The third-order valence-corrected chi connectivity index (χ3v) is 3.89. The number of aliphatic carboxylic acids is 1. The molecule has 2 N–H and O–H groups in total. The van der Waals surface area contributed by atoms with Crippen LogP contribution < -0.4 is 0 Å². The molecule has 2 aromatic rings. The molecule has 9 heteroatoms. The number of alkyl halides is 3. The van der Waals surface area contributed by atoms with Gasteiger partial charge in [-0.1, -0.05) is 6.07 Å². The number of pyridine rings is 1. The van der Waals surface area contributed by atoms with Crippen LogP contribution in [-0.4, -0.2) is 44.2 Å². The van der Waals surface area contributed by atoms with E-state index in [1.54, 1.807) is 6.20 Å². The average Bonchev–Trinajstić information content (AvgIpc) is 3.07. The maximum absolute atomic E-state index is 10.6. The van der Waals surface area contributed by atoms with E-state index in [2.05, 4.69) is 33.0 Å². The highest BCUT2D eigenvalue weighted by molar-refractivity contribution is 5.73. The van der Waals surface area contributed by atoms with E-state index in [0.717, 1.165) is 18.8 Å². The number of aromatic nitrogens is 3. The van der Waals surface area contributed by atoms with Gasteiger partial charge < -0.3 is 10.1 Å². The molecule has 0 saturated heterocycles. The lowest BCUT2D eigenvalue weighted by Gasteiger charge is -2.31. The highest BCUT2D eigenvalue weighted by Gasteiger charge is 2.38. The van der Waals surface area contributed by atoms with E-state index in [4.69, 9.17) is 9.90 Å². The van der Waals surface area contributed by atoms with Crippen molar-refractivity contribution < 1.29 is 23.1 Å². The van der Waals surface area contributed by atoms with Gasteiger partial charge in [-0.2, -0.15) is 13.2 Å². The van der Waals surface area contributed by atoms with Gasteiger partial charge in [0.25, 0.3) is 0 Å². The van der Waals surface area contributed by atoms with Crippen LogP contribution in [0.4, 0.5) is 13.2 Å². The Hall–Kier alpha value is -2.42. The SMILES string of the molecule is CN(Cc1ncc[nH]1)C1CCCc2cccnc21.O=C(O)C(F)(F)F. The molecule has 0 aliphatic heterocycles. The number of carboxylic acids is 1. The van der Waals surface area contributed by atoms with Crippen molar-refractivity contribution in [2.75, 3.05) is 7.05 Å². The van der Waals surface area contributed by atoms with Crippen molar-refractivity contribution in [3.63, 3.8) is 0 Å². The Morgan fingerprint density at radius 2 is 2.12 bits per heavy atom. The molecule has 6 nitrogen and oxygen atoms in total. The van der Waals surface area contributed by atoms with Crippen molar-refractivity contribution in [2.45, 2.75) is 38.0 Å². The number of carbonyl (C=O) groups is 1. The Labute approximate surface area is 142 Å². The molecule has 0 saturated carbocycles. The van der Waals surface area contributed by atoms with Crippen molar-refractivity contribution in [3.8, 4) is 0 Å². The zero-order valence-corrected chi connectivity index (χ0v) is 13.6. The molecule has 0 aromatic carbocycles. The Morgan fingerprint density at radius 1 is 1.40 bits per heavy atom. The van der Waals surface area contributed by atoms with Gasteiger partial charge in [0.05, 0.1) is 18.3 Å². The molecule has 1 aliphatic rings. The van der Waals surface area contributed by atoms with E-state index >= 15 is 0 Å². The lowest BCUT2D eigenvalue weighted by atomic mass is 9.91. The Kier molecular flexibility index (Phi) is 6.13. The van der Waals surface area contributed by atoms with Crippen LogP contribution in [0.1, 0.15) is 36.0 Å². The van der Waals surface area contributed by atoms with Crippen molar-refractivity contribution in [3.05, 3.63) is 47.8 Å². The first-order valence-electron chi connectivity index (χ1n) is 7.71. The number of rotatable bonds is 3. The maximum Gasteiger partial charge on any atom is 0.490 e. The van der Waals surface area contributed by atoms with Crippen molar-refractivity contribution in [1.82, 2.24) is 19.9 Å². The number of fused-ring (bicyclic) bond motifs is 1. The van der Waals surface area contributed by atoms with Gasteiger partial charge in [0, 0.05) is 18.6 Å². The van der Waals surface area contributed by atoms with Gasteiger partial charge in [-0.15, -0.1) is 0 Å². The fourth-order valence-electron chi connectivity index (χ4n) is 2.74. The van der Waals surface area contributed by atoms with Crippen LogP contribution in [0.15, 0.2) is 30.7 Å². The minimum absolute atomic E-state index is 0.417. The maximum atomic E-state index is 10.6. The van der Waals surface area contributed by atoms with Gasteiger partial charge in [0.1, 0.15) is 5.82 Å². The molecule has 1 atom stereocenters. The molecule has 0 bridgehead atoms. The molecule has 1 unspecified atom stereocenters. The summed E-state index contributed by atoms with van der Waals surface area (Å²) in [6.07, 6.45) is 4.08. The lowest BCUT2D eigenvalue weighted by molar-refractivity contribution is -0.192. The summed E-state index contributed by atoms with van der Waals surface area (Å²) in [4.78, 5) is 23.3. The third kappa shape index (κ3) is 5.28. The number of aromatic amines is 1. The quantitative estimate of drug-likeness (QED) is 0.884. The van der Waals surface area contributed by atoms with E-state index in [0.29, 0.717) is 6.04 Å². The van der Waals surface area contributed by atoms with E-state index in [9.17, 15) is 13.2 Å². The van der Waals surface area contributed by atoms with Crippen LogP contribution in [0.2, 0.25) is 0 Å². The van der Waals surface area contributed by atoms with Crippen LogP contribution in [0.25, 0.3) is 0 Å². The fraction of sp³-hybridized carbons (Fsp3) is 0.438. The second-order valence-corrected chi connectivity index (χ2v) is 5.71. The number of H-pyrrole nitrogens is 1. The molecule has 3 rings (SSSR count). The first kappa shape index (κ1) is 18.9. The van der Waals surface area contributed by atoms with Gasteiger partial charge in [-0.3, -0.25) is 9.88 Å². The summed E-state index contributed by atoms with van der Waals surface area (Å²) in [7, 11) is 2.15. The van der Waals surface area contributed by atoms with E-state index in [1.165, 1.54) is 24.1 Å². The highest BCUT2D eigenvalue weighted by Crippen LogP contribution is 2.32. The Morgan fingerprint density at radius 3 is 2.72 bits per heavy atom. The van der Waals surface area contributed by atoms with E-state index in [-0.39, 0.29) is 0 Å². The summed E-state index contributed by atoms with van der Waals surface area (Å²) in [5.41, 5.74) is 2.65. The van der Waals surface area contributed by atoms with Gasteiger partial charge in [-0.05, 0) is 37.9 Å². The summed E-state index contributed by atoms with van der Waals surface area (Å²) in [5.74, 6) is -1.74. The van der Waals surface area contributed by atoms with E-state index in [1.807, 2.05) is 18.5 Å². The monoisotopic (exact) mass is 356 g/mol. The fourth-order valence-corrected chi connectivity index (χ4v) is 2.74. The highest BCUT2D eigenvalue weighted by atomic mass is 19.4. The molecule has 0 spiro atoms. The molecule has 1 aliphatic carbocycles. The zero-order chi connectivity index (χ0) is 18.4. The van der Waals surface area contributed by atoms with Crippen molar-refractivity contribution >= 4 is 5.97 Å². The van der Waals surface area contributed by atoms with Crippen LogP contribution in [0.3, 0.4) is 0 Å². The number of hydrogen-bond donors (Lipinski definition) is 2. The molecule has 0 fully saturated rings. The first-order chi connectivity index (χ1) is 11.8. The van der Waals surface area contributed by atoms with Crippen LogP contribution in [-0.2, 0) is 17.8 Å².